The lowest BCUT2D eigenvalue weighted by Crippen LogP contribution is -2.57. The normalized spacial score (nSPS) is 34.5. The minimum absolute atomic E-state index is 0.0190. The molecule has 0 bridgehead atoms. The molecule has 3 fully saturated rings. The first kappa shape index (κ1) is 19.8. The van der Waals surface area contributed by atoms with Gasteiger partial charge >= 0.3 is 0 Å². The molecule has 1 amide bonds. The third-order valence-electron chi connectivity index (χ3n) is 7.42. The van der Waals surface area contributed by atoms with E-state index in [-0.39, 0.29) is 18.3 Å². The SMILES string of the molecule is C[C@@H]1NCCC12CCCN(C(=O)[C@](O)(c1ccccc1)[C@@H]1CCC(F)(F)C1)C2. The molecule has 3 aliphatic rings. The number of amides is 1. The molecule has 28 heavy (non-hydrogen) atoms. The number of benzene rings is 1. The third kappa shape index (κ3) is 3.24. The van der Waals surface area contributed by atoms with Crippen LogP contribution in [-0.4, -0.2) is 47.5 Å². The van der Waals surface area contributed by atoms with Crippen LogP contribution in [-0.2, 0) is 10.4 Å². The first-order valence-corrected chi connectivity index (χ1v) is 10.5. The molecule has 1 saturated carbocycles. The first-order valence-electron chi connectivity index (χ1n) is 10.5. The molecule has 154 valence electrons. The van der Waals surface area contributed by atoms with E-state index in [1.807, 2.05) is 0 Å². The van der Waals surface area contributed by atoms with Gasteiger partial charge in [-0.05, 0) is 44.7 Å². The standard InChI is InChI=1S/C22H30F2N2O2/c1-16-20(11-12-25-16)9-5-13-26(15-20)19(27)22(28,17-6-3-2-4-7-17)18-8-10-21(23,24)14-18/h2-4,6-7,16,18,25,28H,5,8-15H2,1H3/t16-,18+,20?,22-/m0/s1. The first-order chi connectivity index (χ1) is 13.3. The second-order valence-electron chi connectivity index (χ2n) is 9.05. The summed E-state index contributed by atoms with van der Waals surface area (Å²) in [4.78, 5) is 15.4. The van der Waals surface area contributed by atoms with E-state index in [1.165, 1.54) is 0 Å². The summed E-state index contributed by atoms with van der Waals surface area (Å²) in [7, 11) is 0. The predicted octanol–water partition coefficient (Wildman–Crippen LogP) is 3.30. The Hall–Kier alpha value is -1.53. The minimum Gasteiger partial charge on any atom is -0.375 e. The van der Waals surface area contributed by atoms with E-state index in [9.17, 15) is 18.7 Å². The smallest absolute Gasteiger partial charge is 0.259 e. The zero-order valence-corrected chi connectivity index (χ0v) is 16.5. The van der Waals surface area contributed by atoms with Crippen LogP contribution in [0.2, 0.25) is 0 Å². The van der Waals surface area contributed by atoms with Gasteiger partial charge in [0.25, 0.3) is 5.91 Å². The number of carbonyl (C=O) groups excluding carboxylic acids is 1. The Balaban J connectivity index is 1.66. The van der Waals surface area contributed by atoms with Gasteiger partial charge in [0.15, 0.2) is 5.60 Å². The zero-order valence-electron chi connectivity index (χ0n) is 16.5. The number of hydrogen-bond donors (Lipinski definition) is 2. The molecular weight excluding hydrogens is 362 g/mol. The fourth-order valence-electron chi connectivity index (χ4n) is 5.64. The van der Waals surface area contributed by atoms with Crippen LogP contribution in [0, 0.1) is 11.3 Å². The summed E-state index contributed by atoms with van der Waals surface area (Å²) in [5, 5.41) is 15.2. The summed E-state index contributed by atoms with van der Waals surface area (Å²) in [6, 6.07) is 8.99. The predicted molar refractivity (Wildman–Crippen MR) is 103 cm³/mol. The highest BCUT2D eigenvalue weighted by atomic mass is 19.3. The van der Waals surface area contributed by atoms with Crippen molar-refractivity contribution in [1.82, 2.24) is 10.2 Å². The van der Waals surface area contributed by atoms with Gasteiger partial charge < -0.3 is 15.3 Å². The van der Waals surface area contributed by atoms with Crippen LogP contribution in [0.25, 0.3) is 0 Å². The van der Waals surface area contributed by atoms with Gasteiger partial charge in [-0.3, -0.25) is 4.79 Å². The van der Waals surface area contributed by atoms with Gasteiger partial charge in [-0.15, -0.1) is 0 Å². The topological polar surface area (TPSA) is 52.6 Å². The van der Waals surface area contributed by atoms with E-state index in [0.29, 0.717) is 24.7 Å². The van der Waals surface area contributed by atoms with Crippen LogP contribution in [0.3, 0.4) is 0 Å². The molecule has 4 rings (SSSR count). The lowest BCUT2D eigenvalue weighted by atomic mass is 9.73. The van der Waals surface area contributed by atoms with E-state index in [0.717, 1.165) is 25.8 Å². The molecule has 0 radical (unpaired) electrons. The maximum Gasteiger partial charge on any atom is 0.259 e. The Bertz CT molecular complexity index is 729. The van der Waals surface area contributed by atoms with Crippen LogP contribution in [0.1, 0.15) is 51.0 Å². The number of hydrogen-bond acceptors (Lipinski definition) is 3. The molecule has 1 aromatic carbocycles. The lowest BCUT2D eigenvalue weighted by Gasteiger charge is -2.46. The third-order valence-corrected chi connectivity index (χ3v) is 7.42. The van der Waals surface area contributed by atoms with Crippen LogP contribution in [0.15, 0.2) is 30.3 Å². The number of halogens is 2. The van der Waals surface area contributed by atoms with Crippen molar-refractivity contribution in [3.63, 3.8) is 0 Å². The van der Waals surface area contributed by atoms with E-state index < -0.39 is 29.8 Å². The molecule has 2 saturated heterocycles. The molecule has 1 aliphatic carbocycles. The van der Waals surface area contributed by atoms with Crippen LogP contribution in [0.4, 0.5) is 8.78 Å². The highest BCUT2D eigenvalue weighted by Gasteiger charge is 2.56. The van der Waals surface area contributed by atoms with Gasteiger partial charge in [-0.2, -0.15) is 0 Å². The fraction of sp³-hybridized carbons (Fsp3) is 0.682. The van der Waals surface area contributed by atoms with Crippen molar-refractivity contribution >= 4 is 5.91 Å². The molecular formula is C22H30F2N2O2. The molecule has 4 nitrogen and oxygen atoms in total. The molecule has 1 aromatic rings. The van der Waals surface area contributed by atoms with Crippen molar-refractivity contribution < 1.29 is 18.7 Å². The number of rotatable bonds is 3. The number of aliphatic hydroxyl groups is 1. The molecule has 6 heteroatoms. The summed E-state index contributed by atoms with van der Waals surface area (Å²) in [5.41, 5.74) is -1.44. The summed E-state index contributed by atoms with van der Waals surface area (Å²) in [6.07, 6.45) is 2.37. The van der Waals surface area contributed by atoms with E-state index in [2.05, 4.69) is 12.2 Å². The van der Waals surface area contributed by atoms with Gasteiger partial charge in [-0.1, -0.05) is 30.3 Å². The summed E-state index contributed by atoms with van der Waals surface area (Å²) >= 11 is 0. The average molecular weight is 392 g/mol. The van der Waals surface area contributed by atoms with Crippen molar-refractivity contribution in [2.75, 3.05) is 19.6 Å². The summed E-state index contributed by atoms with van der Waals surface area (Å²) < 4.78 is 28.0. The lowest BCUT2D eigenvalue weighted by molar-refractivity contribution is -0.164. The number of carbonyl (C=O) groups is 1. The summed E-state index contributed by atoms with van der Waals surface area (Å²) in [5.74, 6) is -3.99. The average Bonchev–Trinajstić information content (AvgIpc) is 3.23. The van der Waals surface area contributed by atoms with Crippen LogP contribution >= 0.6 is 0 Å². The Morgan fingerprint density at radius 2 is 2.00 bits per heavy atom. The fourth-order valence-corrected chi connectivity index (χ4v) is 5.64. The molecule has 0 aromatic heterocycles. The summed E-state index contributed by atoms with van der Waals surface area (Å²) in [6.45, 7) is 4.24. The molecule has 4 atom stereocenters. The van der Waals surface area contributed by atoms with Crippen molar-refractivity contribution in [3.8, 4) is 0 Å². The quantitative estimate of drug-likeness (QED) is 0.830. The van der Waals surface area contributed by atoms with Crippen LogP contribution < -0.4 is 5.32 Å². The Labute approximate surface area is 165 Å². The Morgan fingerprint density at radius 1 is 1.25 bits per heavy atom. The number of likely N-dealkylation sites (tertiary alicyclic amines) is 1. The minimum atomic E-state index is -2.82. The number of piperidine rings is 1. The molecule has 2 heterocycles. The number of alkyl halides is 2. The van der Waals surface area contributed by atoms with E-state index in [4.69, 9.17) is 0 Å². The zero-order chi connectivity index (χ0) is 20.0. The maximum absolute atomic E-state index is 14.0. The largest absolute Gasteiger partial charge is 0.375 e. The maximum atomic E-state index is 14.0. The molecule has 2 N–H and O–H groups in total. The number of nitrogens with zero attached hydrogens (tertiary/aromatic N) is 1. The molecule has 1 unspecified atom stereocenters. The van der Waals surface area contributed by atoms with Crippen molar-refractivity contribution in [2.24, 2.45) is 11.3 Å². The van der Waals surface area contributed by atoms with Gasteiger partial charge in [0.2, 0.25) is 5.92 Å². The monoisotopic (exact) mass is 392 g/mol. The highest BCUT2D eigenvalue weighted by molar-refractivity contribution is 5.87. The van der Waals surface area contributed by atoms with Crippen molar-refractivity contribution in [1.29, 1.82) is 0 Å². The molecule has 1 spiro atoms. The van der Waals surface area contributed by atoms with Crippen molar-refractivity contribution in [2.45, 2.75) is 63.0 Å². The second kappa shape index (κ2) is 7.06. The number of nitrogens with one attached hydrogen (secondary N) is 1. The Kier molecular flexibility index (Phi) is 4.99. The Morgan fingerprint density at radius 3 is 2.61 bits per heavy atom. The van der Waals surface area contributed by atoms with Gasteiger partial charge in [0, 0.05) is 43.3 Å². The van der Waals surface area contributed by atoms with Crippen LogP contribution in [0.5, 0.6) is 0 Å². The second-order valence-corrected chi connectivity index (χ2v) is 9.05. The van der Waals surface area contributed by atoms with E-state index in [1.54, 1.807) is 35.2 Å². The van der Waals surface area contributed by atoms with Crippen molar-refractivity contribution in [3.05, 3.63) is 35.9 Å². The van der Waals surface area contributed by atoms with Gasteiger partial charge in [-0.25, -0.2) is 8.78 Å². The van der Waals surface area contributed by atoms with Gasteiger partial charge in [0.1, 0.15) is 0 Å². The molecule has 2 aliphatic heterocycles. The highest BCUT2D eigenvalue weighted by Crippen LogP contribution is 2.49. The van der Waals surface area contributed by atoms with E-state index >= 15 is 0 Å². The van der Waals surface area contributed by atoms with Gasteiger partial charge in [0.05, 0.1) is 0 Å².